The maximum atomic E-state index is 15.0. The number of ether oxygens (including phenoxy) is 1. The highest BCUT2D eigenvalue weighted by Crippen LogP contribution is 2.60. The van der Waals surface area contributed by atoms with Crippen molar-refractivity contribution in [3.05, 3.63) is 134 Å². The average molecular weight is 794 g/mol. The Morgan fingerprint density at radius 1 is 1.00 bits per heavy atom. The third kappa shape index (κ3) is 5.97. The van der Waals surface area contributed by atoms with Crippen molar-refractivity contribution in [2.75, 3.05) is 11.5 Å². The summed E-state index contributed by atoms with van der Waals surface area (Å²) in [5.74, 6) is -0.898. The standard InChI is InChI=1S/C41H41BrN4O6Si/c1-25-38(53(2,3)51)36(20-37(48)44-23-29-12-5-4-10-27(29)18-32(44)24-47)52-41(25)34-19-30(42)15-16-35(34)45(40(41)50)22-26-9-8-13-31(17-26)46-39(49)33-14-7-6-11-28(33)21-43-46/h4-17,19,21,25,32,36,38,47,51H,18,20,22-24H2,1-3H3/t25-,32-,36+,38-,41+/m0/s1. The summed E-state index contributed by atoms with van der Waals surface area (Å²) in [6.45, 7) is 6.04. The van der Waals surface area contributed by atoms with Crippen molar-refractivity contribution in [1.82, 2.24) is 14.7 Å². The topological polar surface area (TPSA) is 125 Å². The summed E-state index contributed by atoms with van der Waals surface area (Å²) in [5.41, 5.74) is 2.78. The van der Waals surface area contributed by atoms with Gasteiger partial charge in [0.1, 0.15) is 0 Å². The molecular weight excluding hydrogens is 752 g/mol. The summed E-state index contributed by atoms with van der Waals surface area (Å²) >= 11 is 3.62. The molecule has 1 aromatic heterocycles. The Labute approximate surface area is 316 Å². The number of carbonyl (C=O) groups excluding carboxylic acids is 2. The van der Waals surface area contributed by atoms with Crippen LogP contribution in [0.2, 0.25) is 18.6 Å². The predicted octanol–water partition coefficient (Wildman–Crippen LogP) is 5.83. The fourth-order valence-electron chi connectivity index (χ4n) is 8.98. The summed E-state index contributed by atoms with van der Waals surface area (Å²) in [6, 6.07) is 28.0. The first-order chi connectivity index (χ1) is 25.4. The van der Waals surface area contributed by atoms with E-state index in [1.807, 2.05) is 105 Å². The van der Waals surface area contributed by atoms with Gasteiger partial charge in [0.25, 0.3) is 11.5 Å². The molecule has 0 unspecified atom stereocenters. The minimum absolute atomic E-state index is 0.0292. The first-order valence-electron chi connectivity index (χ1n) is 18.0. The van der Waals surface area contributed by atoms with Gasteiger partial charge in [0, 0.05) is 33.4 Å². The van der Waals surface area contributed by atoms with Crippen LogP contribution >= 0.6 is 15.9 Å². The van der Waals surface area contributed by atoms with Crippen LogP contribution in [0.1, 0.15) is 35.6 Å². The number of carbonyl (C=O) groups is 2. The Balaban J connectivity index is 1.13. The van der Waals surface area contributed by atoms with E-state index in [2.05, 4.69) is 21.0 Å². The van der Waals surface area contributed by atoms with Gasteiger partial charge in [-0.15, -0.1) is 0 Å². The number of nitrogens with zero attached hydrogens (tertiary/aromatic N) is 4. The van der Waals surface area contributed by atoms with Gasteiger partial charge >= 0.3 is 0 Å². The summed E-state index contributed by atoms with van der Waals surface area (Å²) in [5, 5.41) is 16.1. The second-order valence-electron chi connectivity index (χ2n) is 15.1. The Bertz CT molecular complexity index is 2330. The molecule has 10 nitrogen and oxygen atoms in total. The van der Waals surface area contributed by atoms with Crippen LogP contribution in [-0.2, 0) is 39.4 Å². The van der Waals surface area contributed by atoms with E-state index in [4.69, 9.17) is 4.74 Å². The maximum Gasteiger partial charge on any atom is 0.279 e. The molecule has 1 saturated heterocycles. The number of halogens is 1. The van der Waals surface area contributed by atoms with Crippen LogP contribution in [-0.4, -0.2) is 63.5 Å². The second kappa shape index (κ2) is 13.4. The molecule has 0 radical (unpaired) electrons. The molecule has 4 aromatic carbocycles. The van der Waals surface area contributed by atoms with E-state index in [-0.39, 0.29) is 43.0 Å². The van der Waals surface area contributed by atoms with E-state index in [0.29, 0.717) is 35.3 Å². The number of aliphatic hydroxyl groups is 1. The van der Waals surface area contributed by atoms with Gasteiger partial charge in [-0.2, -0.15) is 9.78 Å². The minimum Gasteiger partial charge on any atom is -0.432 e. The van der Waals surface area contributed by atoms with Gasteiger partial charge in [-0.1, -0.05) is 77.5 Å². The van der Waals surface area contributed by atoms with Crippen LogP contribution in [0.3, 0.4) is 0 Å². The molecule has 4 heterocycles. The van der Waals surface area contributed by atoms with Crippen LogP contribution in [0.5, 0.6) is 0 Å². The summed E-state index contributed by atoms with van der Waals surface area (Å²) in [7, 11) is -3.04. The molecule has 1 fully saturated rings. The zero-order valence-electron chi connectivity index (χ0n) is 29.8. The minimum atomic E-state index is -3.04. The molecule has 0 bridgehead atoms. The second-order valence-corrected chi connectivity index (χ2v) is 20.0. The fourth-order valence-corrected chi connectivity index (χ4v) is 11.9. The highest BCUT2D eigenvalue weighted by molar-refractivity contribution is 9.10. The molecule has 272 valence electrons. The molecule has 1 spiro atoms. The zero-order chi connectivity index (χ0) is 37.2. The van der Waals surface area contributed by atoms with Crippen molar-refractivity contribution in [2.45, 2.75) is 69.2 Å². The highest BCUT2D eigenvalue weighted by Gasteiger charge is 2.66. The molecule has 8 rings (SSSR count). The lowest BCUT2D eigenvalue weighted by atomic mass is 9.82. The molecule has 0 aliphatic carbocycles. The number of benzene rings is 4. The monoisotopic (exact) mass is 792 g/mol. The number of rotatable bonds is 7. The van der Waals surface area contributed by atoms with Gasteiger partial charge < -0.3 is 24.4 Å². The van der Waals surface area contributed by atoms with E-state index < -0.39 is 31.5 Å². The Kier molecular flexibility index (Phi) is 9.01. The molecule has 12 heteroatoms. The van der Waals surface area contributed by atoms with E-state index in [9.17, 15) is 19.5 Å². The molecular formula is C41H41BrN4O6Si. The molecule has 3 aliphatic heterocycles. The Hall–Kier alpha value is -4.46. The normalized spacial score (nSPS) is 23.8. The van der Waals surface area contributed by atoms with E-state index >= 15 is 4.79 Å². The lowest BCUT2D eigenvalue weighted by Gasteiger charge is -2.37. The van der Waals surface area contributed by atoms with Crippen LogP contribution in [0.4, 0.5) is 5.69 Å². The number of hydrogen-bond acceptors (Lipinski definition) is 7. The van der Waals surface area contributed by atoms with Crippen molar-refractivity contribution in [3.8, 4) is 5.69 Å². The largest absolute Gasteiger partial charge is 0.432 e. The molecule has 5 aromatic rings. The van der Waals surface area contributed by atoms with E-state index in [0.717, 1.165) is 26.5 Å². The van der Waals surface area contributed by atoms with Crippen molar-refractivity contribution in [1.29, 1.82) is 0 Å². The molecule has 2 N–H and O–H groups in total. The zero-order valence-corrected chi connectivity index (χ0v) is 32.4. The predicted molar refractivity (Wildman–Crippen MR) is 208 cm³/mol. The average Bonchev–Trinajstić information content (AvgIpc) is 3.56. The van der Waals surface area contributed by atoms with Crippen molar-refractivity contribution < 1.29 is 24.2 Å². The van der Waals surface area contributed by atoms with Crippen molar-refractivity contribution >= 4 is 52.5 Å². The first-order valence-corrected chi connectivity index (χ1v) is 21.8. The van der Waals surface area contributed by atoms with Gasteiger partial charge in [0.05, 0.1) is 54.7 Å². The van der Waals surface area contributed by atoms with Gasteiger partial charge in [-0.3, -0.25) is 14.4 Å². The highest BCUT2D eigenvalue weighted by atomic mass is 79.9. The van der Waals surface area contributed by atoms with Crippen LogP contribution < -0.4 is 10.5 Å². The number of anilines is 1. The third-order valence-electron chi connectivity index (χ3n) is 11.4. The van der Waals surface area contributed by atoms with Gasteiger partial charge in [0.15, 0.2) is 13.9 Å². The van der Waals surface area contributed by atoms with Gasteiger partial charge in [-0.25, -0.2) is 0 Å². The number of aliphatic hydroxyl groups excluding tert-OH is 1. The maximum absolute atomic E-state index is 15.0. The molecule has 0 saturated carbocycles. The third-order valence-corrected chi connectivity index (χ3v) is 14.4. The van der Waals surface area contributed by atoms with Crippen molar-refractivity contribution in [2.24, 2.45) is 5.92 Å². The van der Waals surface area contributed by atoms with Gasteiger partial charge in [0.2, 0.25) is 5.91 Å². The Morgan fingerprint density at radius 2 is 1.75 bits per heavy atom. The number of amides is 2. The summed E-state index contributed by atoms with van der Waals surface area (Å²) in [6.07, 6.45) is 1.46. The van der Waals surface area contributed by atoms with E-state index in [1.165, 1.54) is 4.68 Å². The van der Waals surface area contributed by atoms with Crippen molar-refractivity contribution in [3.63, 3.8) is 0 Å². The summed E-state index contributed by atoms with van der Waals surface area (Å²) < 4.78 is 9.12. The molecule has 3 aliphatic rings. The van der Waals surface area contributed by atoms with Crippen LogP contribution in [0.15, 0.2) is 106 Å². The van der Waals surface area contributed by atoms with Gasteiger partial charge in [-0.05, 0) is 72.6 Å². The smallest absolute Gasteiger partial charge is 0.279 e. The SMILES string of the molecule is C[C@H]1[C@H]([Si](C)(C)O)[C@@H](CC(=O)N2Cc3ccccc3C[C@H]2CO)O[C@]12C(=O)N(Cc1cccc(-n3ncc4ccccc4c3=O)c1)c1ccc(Br)cc12. The quantitative estimate of drug-likeness (QED) is 0.199. The Morgan fingerprint density at radius 3 is 2.53 bits per heavy atom. The van der Waals surface area contributed by atoms with E-state index in [1.54, 1.807) is 22.1 Å². The number of hydrogen-bond donors (Lipinski definition) is 2. The number of aromatic nitrogens is 2. The number of fused-ring (bicyclic) bond motifs is 4. The fraction of sp³-hybridized carbons (Fsp3) is 0.317. The first kappa shape index (κ1) is 35.6. The van der Waals surface area contributed by atoms with Crippen LogP contribution in [0.25, 0.3) is 16.5 Å². The summed E-state index contributed by atoms with van der Waals surface area (Å²) in [4.78, 5) is 57.9. The lowest BCUT2D eigenvalue weighted by Crippen LogP contribution is -2.48. The molecule has 2 amide bonds. The van der Waals surface area contributed by atoms with Crippen LogP contribution in [0, 0.1) is 5.92 Å². The lowest BCUT2D eigenvalue weighted by molar-refractivity contribution is -0.151. The molecule has 5 atom stereocenters. The molecule has 53 heavy (non-hydrogen) atoms.